The Hall–Kier alpha value is -1.25. The van der Waals surface area contributed by atoms with E-state index < -0.39 is 0 Å². The van der Waals surface area contributed by atoms with Gasteiger partial charge < -0.3 is 10.1 Å². The predicted molar refractivity (Wildman–Crippen MR) is 63.4 cm³/mol. The van der Waals surface area contributed by atoms with Crippen LogP contribution in [0.1, 0.15) is 27.2 Å². The Labute approximate surface area is 91.9 Å². The molecule has 0 bridgehead atoms. The van der Waals surface area contributed by atoms with Gasteiger partial charge in [0.05, 0.1) is 19.0 Å². The summed E-state index contributed by atoms with van der Waals surface area (Å²) in [6.45, 7) is 7.68. The molecule has 1 aromatic rings. The number of nitrogens with zero attached hydrogens (tertiary/aromatic N) is 1. The number of hydrogen-bond donors (Lipinski definition) is 1. The first-order chi connectivity index (χ1) is 7.01. The molecule has 1 heterocycles. The zero-order valence-corrected chi connectivity index (χ0v) is 10.0. The van der Waals surface area contributed by atoms with Crippen LogP contribution in [0, 0.1) is 5.41 Å². The molecule has 0 fully saturated rings. The third-order valence-corrected chi connectivity index (χ3v) is 2.15. The molecule has 0 spiro atoms. The van der Waals surface area contributed by atoms with Gasteiger partial charge in [0.25, 0.3) is 0 Å². The Bertz CT molecular complexity index is 287. The lowest BCUT2D eigenvalue weighted by atomic mass is 9.92. The van der Waals surface area contributed by atoms with Gasteiger partial charge >= 0.3 is 0 Å². The van der Waals surface area contributed by atoms with Crippen LogP contribution < -0.4 is 10.1 Å². The first-order valence-electron chi connectivity index (χ1n) is 5.25. The van der Waals surface area contributed by atoms with E-state index in [0.717, 1.165) is 18.7 Å². The number of aromatic nitrogens is 1. The van der Waals surface area contributed by atoms with Gasteiger partial charge in [0.1, 0.15) is 0 Å². The van der Waals surface area contributed by atoms with Crippen molar-refractivity contribution in [1.29, 1.82) is 0 Å². The lowest BCUT2D eigenvalue weighted by molar-refractivity contribution is 0.389. The summed E-state index contributed by atoms with van der Waals surface area (Å²) in [6.07, 6.45) is 2.93. The highest BCUT2D eigenvalue weighted by Gasteiger charge is 2.08. The maximum atomic E-state index is 4.99. The fourth-order valence-electron chi connectivity index (χ4n) is 1.19. The van der Waals surface area contributed by atoms with Crippen molar-refractivity contribution < 1.29 is 4.74 Å². The molecular weight excluding hydrogens is 188 g/mol. The van der Waals surface area contributed by atoms with Crippen LogP contribution in [0.4, 0.5) is 5.69 Å². The minimum absolute atomic E-state index is 0.368. The molecule has 0 radical (unpaired) electrons. The normalized spacial score (nSPS) is 11.2. The molecule has 3 heteroatoms. The van der Waals surface area contributed by atoms with Crippen LogP contribution in [0.5, 0.6) is 5.88 Å². The zero-order chi connectivity index (χ0) is 11.3. The van der Waals surface area contributed by atoms with Gasteiger partial charge in [-0.05, 0) is 17.9 Å². The van der Waals surface area contributed by atoms with Crippen LogP contribution >= 0.6 is 0 Å². The molecule has 0 aliphatic heterocycles. The summed E-state index contributed by atoms with van der Waals surface area (Å²) in [4.78, 5) is 4.13. The summed E-state index contributed by atoms with van der Waals surface area (Å²) in [7, 11) is 1.62. The minimum Gasteiger partial charge on any atom is -0.481 e. The number of methoxy groups -OCH3 is 1. The van der Waals surface area contributed by atoms with E-state index in [-0.39, 0.29) is 0 Å². The highest BCUT2D eigenvalue weighted by molar-refractivity contribution is 5.41. The summed E-state index contributed by atoms with van der Waals surface area (Å²) in [5, 5.41) is 3.33. The second-order valence-corrected chi connectivity index (χ2v) is 4.83. The second kappa shape index (κ2) is 5.01. The molecule has 0 aromatic carbocycles. The van der Waals surface area contributed by atoms with Crippen LogP contribution in [-0.4, -0.2) is 18.6 Å². The van der Waals surface area contributed by atoms with Crippen molar-refractivity contribution >= 4 is 5.69 Å². The Morgan fingerprint density at radius 2 is 2.07 bits per heavy atom. The molecule has 0 aliphatic carbocycles. The van der Waals surface area contributed by atoms with Gasteiger partial charge in [0, 0.05) is 12.6 Å². The maximum Gasteiger partial charge on any atom is 0.213 e. The standard InChI is InChI=1S/C12H20N2O/c1-12(2,3)7-8-13-10-5-6-11(15-4)14-9-10/h5-6,9,13H,7-8H2,1-4H3. The van der Waals surface area contributed by atoms with Crippen molar-refractivity contribution in [3.8, 4) is 5.88 Å². The third kappa shape index (κ3) is 4.68. The third-order valence-electron chi connectivity index (χ3n) is 2.15. The molecule has 0 aliphatic rings. The number of ether oxygens (including phenoxy) is 1. The monoisotopic (exact) mass is 208 g/mol. The van der Waals surface area contributed by atoms with Gasteiger partial charge in [-0.15, -0.1) is 0 Å². The Balaban J connectivity index is 2.38. The lowest BCUT2D eigenvalue weighted by Gasteiger charge is -2.18. The molecule has 15 heavy (non-hydrogen) atoms. The average molecular weight is 208 g/mol. The summed E-state index contributed by atoms with van der Waals surface area (Å²) in [5.41, 5.74) is 1.41. The molecular formula is C12H20N2O. The molecule has 0 atom stereocenters. The number of pyridine rings is 1. The summed E-state index contributed by atoms with van der Waals surface area (Å²) < 4.78 is 4.99. The summed E-state index contributed by atoms with van der Waals surface area (Å²) in [5.74, 6) is 0.649. The molecule has 1 aromatic heterocycles. The minimum atomic E-state index is 0.368. The molecule has 3 nitrogen and oxygen atoms in total. The SMILES string of the molecule is COc1ccc(NCCC(C)(C)C)cn1. The lowest BCUT2D eigenvalue weighted by Crippen LogP contribution is -2.12. The smallest absolute Gasteiger partial charge is 0.213 e. The number of hydrogen-bond acceptors (Lipinski definition) is 3. The number of rotatable bonds is 4. The quantitative estimate of drug-likeness (QED) is 0.826. The highest BCUT2D eigenvalue weighted by Crippen LogP contribution is 2.18. The summed E-state index contributed by atoms with van der Waals surface area (Å²) in [6, 6.07) is 3.84. The second-order valence-electron chi connectivity index (χ2n) is 4.83. The fourth-order valence-corrected chi connectivity index (χ4v) is 1.19. The average Bonchev–Trinajstić information content (AvgIpc) is 2.17. The Morgan fingerprint density at radius 1 is 1.33 bits per heavy atom. The van der Waals surface area contributed by atoms with Gasteiger partial charge in [-0.2, -0.15) is 0 Å². The molecule has 0 saturated heterocycles. The molecule has 84 valence electrons. The largest absolute Gasteiger partial charge is 0.481 e. The maximum absolute atomic E-state index is 4.99. The van der Waals surface area contributed by atoms with Crippen LogP contribution in [-0.2, 0) is 0 Å². The van der Waals surface area contributed by atoms with E-state index in [1.807, 2.05) is 12.1 Å². The van der Waals surface area contributed by atoms with E-state index in [4.69, 9.17) is 4.74 Å². The van der Waals surface area contributed by atoms with E-state index in [2.05, 4.69) is 31.1 Å². The highest BCUT2D eigenvalue weighted by atomic mass is 16.5. The van der Waals surface area contributed by atoms with Crippen molar-refractivity contribution in [2.24, 2.45) is 5.41 Å². The van der Waals surface area contributed by atoms with Crippen molar-refractivity contribution in [3.63, 3.8) is 0 Å². The number of nitrogens with one attached hydrogen (secondary N) is 1. The van der Waals surface area contributed by atoms with Crippen LogP contribution in [0.15, 0.2) is 18.3 Å². The van der Waals surface area contributed by atoms with E-state index in [0.29, 0.717) is 11.3 Å². The Morgan fingerprint density at radius 3 is 2.53 bits per heavy atom. The van der Waals surface area contributed by atoms with Crippen LogP contribution in [0.25, 0.3) is 0 Å². The molecule has 1 N–H and O–H groups in total. The number of anilines is 1. The van der Waals surface area contributed by atoms with Gasteiger partial charge in [0.15, 0.2) is 0 Å². The van der Waals surface area contributed by atoms with Gasteiger partial charge in [-0.25, -0.2) is 4.98 Å². The van der Waals surface area contributed by atoms with Crippen molar-refractivity contribution in [1.82, 2.24) is 4.98 Å². The molecule has 0 amide bonds. The first kappa shape index (κ1) is 11.8. The Kier molecular flexibility index (Phi) is 3.95. The fraction of sp³-hybridized carbons (Fsp3) is 0.583. The van der Waals surface area contributed by atoms with E-state index in [9.17, 15) is 0 Å². The van der Waals surface area contributed by atoms with Crippen LogP contribution in [0.3, 0.4) is 0 Å². The topological polar surface area (TPSA) is 34.1 Å². The van der Waals surface area contributed by atoms with Gasteiger partial charge in [-0.3, -0.25) is 0 Å². The summed E-state index contributed by atoms with van der Waals surface area (Å²) >= 11 is 0. The zero-order valence-electron chi connectivity index (χ0n) is 10.0. The van der Waals surface area contributed by atoms with Crippen molar-refractivity contribution in [2.45, 2.75) is 27.2 Å². The van der Waals surface area contributed by atoms with Crippen molar-refractivity contribution in [2.75, 3.05) is 19.0 Å². The predicted octanol–water partition coefficient (Wildman–Crippen LogP) is 2.94. The van der Waals surface area contributed by atoms with Gasteiger partial charge in [0.2, 0.25) is 5.88 Å². The molecule has 0 saturated carbocycles. The van der Waals surface area contributed by atoms with E-state index in [1.165, 1.54) is 0 Å². The first-order valence-corrected chi connectivity index (χ1v) is 5.25. The van der Waals surface area contributed by atoms with E-state index >= 15 is 0 Å². The van der Waals surface area contributed by atoms with Gasteiger partial charge in [-0.1, -0.05) is 20.8 Å². The van der Waals surface area contributed by atoms with Crippen molar-refractivity contribution in [3.05, 3.63) is 18.3 Å². The van der Waals surface area contributed by atoms with E-state index in [1.54, 1.807) is 13.3 Å². The molecule has 0 unspecified atom stereocenters. The van der Waals surface area contributed by atoms with Crippen LogP contribution in [0.2, 0.25) is 0 Å². The molecule has 1 rings (SSSR count).